The van der Waals surface area contributed by atoms with Crippen LogP contribution in [0.2, 0.25) is 0 Å². The maximum absolute atomic E-state index is 10.5. The first-order valence-electron chi connectivity index (χ1n) is 4.74. The van der Waals surface area contributed by atoms with Crippen molar-refractivity contribution in [3.05, 3.63) is 35.9 Å². The highest BCUT2D eigenvalue weighted by Crippen LogP contribution is 2.06. The van der Waals surface area contributed by atoms with Crippen molar-refractivity contribution < 1.29 is 15.0 Å². The highest BCUT2D eigenvalue weighted by molar-refractivity contribution is 5.65. The number of rotatable bonds is 4. The van der Waals surface area contributed by atoms with E-state index in [1.54, 1.807) is 18.2 Å². The van der Waals surface area contributed by atoms with Gasteiger partial charge in [-0.3, -0.25) is 0 Å². The van der Waals surface area contributed by atoms with Crippen molar-refractivity contribution in [2.45, 2.75) is 18.6 Å². The highest BCUT2D eigenvalue weighted by atomic mass is 16.4. The van der Waals surface area contributed by atoms with E-state index in [-0.39, 0.29) is 6.42 Å². The van der Waals surface area contributed by atoms with Crippen LogP contribution in [-0.2, 0) is 6.42 Å². The number of nitrogens with one attached hydrogen (secondary N) is 1. The summed E-state index contributed by atoms with van der Waals surface area (Å²) in [7, 11) is 0. The fraction of sp³-hybridized carbons (Fsp3) is 0.273. The normalized spacial score (nSPS) is 13.5. The number of benzene rings is 1. The lowest BCUT2D eigenvalue weighted by atomic mass is 10.0. The third-order valence-electron chi connectivity index (χ3n) is 2.12. The van der Waals surface area contributed by atoms with Gasteiger partial charge in [0.15, 0.2) is 6.10 Å². The van der Waals surface area contributed by atoms with Gasteiger partial charge in [0.25, 0.3) is 0 Å². The van der Waals surface area contributed by atoms with Crippen LogP contribution in [0.5, 0.6) is 0 Å². The molecule has 1 rings (SSSR count). The molecule has 0 radical (unpaired) electrons. The van der Waals surface area contributed by atoms with Crippen LogP contribution in [0.4, 0.5) is 4.79 Å². The van der Waals surface area contributed by atoms with Crippen LogP contribution >= 0.6 is 0 Å². The molecule has 1 unspecified atom stereocenters. The Bertz CT molecular complexity index is 386. The van der Waals surface area contributed by atoms with E-state index in [2.05, 4.69) is 5.32 Å². The van der Waals surface area contributed by atoms with Crippen LogP contribution in [0.15, 0.2) is 30.3 Å². The second-order valence-electron chi connectivity index (χ2n) is 3.32. The number of carbonyl (C=O) groups is 1. The lowest BCUT2D eigenvalue weighted by molar-refractivity contribution is 0.154. The Morgan fingerprint density at radius 1 is 1.44 bits per heavy atom. The molecule has 0 heterocycles. The molecule has 0 bridgehead atoms. The molecule has 0 saturated carbocycles. The molecule has 5 heteroatoms. The number of nitriles is 1. The van der Waals surface area contributed by atoms with Crippen LogP contribution in [0.1, 0.15) is 5.56 Å². The van der Waals surface area contributed by atoms with Gasteiger partial charge in [-0.1, -0.05) is 30.3 Å². The molecule has 0 aromatic heterocycles. The number of aliphatic hydroxyl groups excluding tert-OH is 1. The molecule has 0 spiro atoms. The Labute approximate surface area is 92.9 Å². The van der Waals surface area contributed by atoms with Gasteiger partial charge in [0.1, 0.15) is 0 Å². The molecule has 84 valence electrons. The van der Waals surface area contributed by atoms with Crippen LogP contribution in [0, 0.1) is 11.3 Å². The quantitative estimate of drug-likeness (QED) is 0.653. The average molecular weight is 220 g/mol. The molecule has 1 aromatic rings. The van der Waals surface area contributed by atoms with E-state index >= 15 is 0 Å². The van der Waals surface area contributed by atoms with E-state index in [9.17, 15) is 9.90 Å². The summed E-state index contributed by atoms with van der Waals surface area (Å²) in [6.07, 6.45) is -2.33. The van der Waals surface area contributed by atoms with Crippen molar-refractivity contribution in [1.29, 1.82) is 5.26 Å². The SMILES string of the molecule is N#CC(O)[C@H](Cc1ccccc1)NC(=O)O. The smallest absolute Gasteiger partial charge is 0.405 e. The van der Waals surface area contributed by atoms with Gasteiger partial charge in [-0.2, -0.15) is 5.26 Å². The minimum atomic E-state index is -1.35. The number of carboxylic acid groups (broad SMARTS) is 1. The molecule has 0 aliphatic rings. The fourth-order valence-electron chi connectivity index (χ4n) is 1.36. The third-order valence-corrected chi connectivity index (χ3v) is 2.12. The second kappa shape index (κ2) is 5.73. The van der Waals surface area contributed by atoms with Crippen LogP contribution in [-0.4, -0.2) is 28.5 Å². The Morgan fingerprint density at radius 3 is 2.56 bits per heavy atom. The Kier molecular flexibility index (Phi) is 4.30. The molecule has 16 heavy (non-hydrogen) atoms. The van der Waals surface area contributed by atoms with Gasteiger partial charge in [-0.15, -0.1) is 0 Å². The predicted molar refractivity (Wildman–Crippen MR) is 56.7 cm³/mol. The van der Waals surface area contributed by atoms with E-state index in [0.717, 1.165) is 5.56 Å². The van der Waals surface area contributed by atoms with Gasteiger partial charge in [-0.05, 0) is 12.0 Å². The zero-order valence-corrected chi connectivity index (χ0v) is 8.50. The first-order chi connectivity index (χ1) is 7.63. The summed E-state index contributed by atoms with van der Waals surface area (Å²) in [6, 6.07) is 9.88. The zero-order valence-electron chi connectivity index (χ0n) is 8.50. The van der Waals surface area contributed by atoms with Crippen LogP contribution < -0.4 is 5.32 Å². The molecule has 0 aliphatic carbocycles. The maximum Gasteiger partial charge on any atom is 0.405 e. The van der Waals surface area contributed by atoms with E-state index < -0.39 is 18.2 Å². The number of aliphatic hydroxyl groups is 1. The third kappa shape index (κ3) is 3.59. The first kappa shape index (κ1) is 12.0. The fourth-order valence-corrected chi connectivity index (χ4v) is 1.36. The van der Waals surface area contributed by atoms with E-state index in [1.807, 2.05) is 18.2 Å². The van der Waals surface area contributed by atoms with E-state index in [4.69, 9.17) is 10.4 Å². The molecule has 0 aliphatic heterocycles. The first-order valence-corrected chi connectivity index (χ1v) is 4.74. The summed E-state index contributed by atoms with van der Waals surface area (Å²) in [6.45, 7) is 0. The Morgan fingerprint density at radius 2 is 2.06 bits per heavy atom. The summed E-state index contributed by atoms with van der Waals surface area (Å²) in [4.78, 5) is 10.5. The summed E-state index contributed by atoms with van der Waals surface area (Å²) in [5, 5.41) is 28.6. The lowest BCUT2D eigenvalue weighted by Gasteiger charge is -2.17. The molecular weight excluding hydrogens is 208 g/mol. The number of hydrogen-bond acceptors (Lipinski definition) is 3. The molecule has 5 nitrogen and oxygen atoms in total. The van der Waals surface area contributed by atoms with Gasteiger partial charge in [0, 0.05) is 0 Å². The predicted octanol–water partition coefficient (Wildman–Crippen LogP) is 0.750. The lowest BCUT2D eigenvalue weighted by Crippen LogP contribution is -2.43. The minimum absolute atomic E-state index is 0.280. The molecular formula is C11H12N2O3. The summed E-state index contributed by atoms with van der Waals surface area (Å²) in [5.74, 6) is 0. The Hall–Kier alpha value is -2.06. The van der Waals surface area contributed by atoms with Gasteiger partial charge in [0.2, 0.25) is 0 Å². The van der Waals surface area contributed by atoms with Crippen molar-refractivity contribution in [2.24, 2.45) is 0 Å². The van der Waals surface area contributed by atoms with Gasteiger partial charge >= 0.3 is 6.09 Å². The Balaban J connectivity index is 2.71. The van der Waals surface area contributed by atoms with Crippen molar-refractivity contribution in [2.75, 3.05) is 0 Å². The van der Waals surface area contributed by atoms with Gasteiger partial charge in [-0.25, -0.2) is 4.79 Å². The van der Waals surface area contributed by atoms with Crippen LogP contribution in [0.3, 0.4) is 0 Å². The molecule has 0 saturated heterocycles. The second-order valence-corrected chi connectivity index (χ2v) is 3.32. The highest BCUT2D eigenvalue weighted by Gasteiger charge is 2.20. The minimum Gasteiger partial charge on any atom is -0.465 e. The van der Waals surface area contributed by atoms with Crippen molar-refractivity contribution in [3.63, 3.8) is 0 Å². The number of amides is 1. The molecule has 2 atom stereocenters. The van der Waals surface area contributed by atoms with Crippen molar-refractivity contribution in [1.82, 2.24) is 5.32 Å². The molecule has 1 aromatic carbocycles. The summed E-state index contributed by atoms with van der Waals surface area (Å²) in [5.41, 5.74) is 0.857. The number of nitrogens with zero attached hydrogens (tertiary/aromatic N) is 1. The van der Waals surface area contributed by atoms with E-state index in [0.29, 0.717) is 0 Å². The molecule has 3 N–H and O–H groups in total. The zero-order chi connectivity index (χ0) is 12.0. The van der Waals surface area contributed by atoms with E-state index in [1.165, 1.54) is 0 Å². The average Bonchev–Trinajstić information content (AvgIpc) is 2.28. The van der Waals surface area contributed by atoms with Crippen LogP contribution in [0.25, 0.3) is 0 Å². The monoisotopic (exact) mass is 220 g/mol. The standard InChI is InChI=1S/C11H12N2O3/c12-7-10(14)9(13-11(15)16)6-8-4-2-1-3-5-8/h1-5,9-10,13-14H,6H2,(H,15,16)/t9-,10?/m0/s1. The summed E-state index contributed by atoms with van der Waals surface area (Å²) < 4.78 is 0. The van der Waals surface area contributed by atoms with Gasteiger partial charge < -0.3 is 15.5 Å². The van der Waals surface area contributed by atoms with Crippen molar-refractivity contribution in [3.8, 4) is 6.07 Å². The largest absolute Gasteiger partial charge is 0.465 e. The van der Waals surface area contributed by atoms with Crippen molar-refractivity contribution >= 4 is 6.09 Å². The van der Waals surface area contributed by atoms with Gasteiger partial charge in [0.05, 0.1) is 12.1 Å². The maximum atomic E-state index is 10.5. The molecule has 0 fully saturated rings. The summed E-state index contributed by atoms with van der Waals surface area (Å²) >= 11 is 0. The topological polar surface area (TPSA) is 93.4 Å². The number of hydrogen-bond donors (Lipinski definition) is 3. The molecule has 1 amide bonds.